The molecule has 2 aliphatic heterocycles. The lowest BCUT2D eigenvalue weighted by molar-refractivity contribution is -0.137. The lowest BCUT2D eigenvalue weighted by Crippen LogP contribution is -2.39. The molecular weight excluding hydrogens is 677 g/mol. The number of unbranched alkanes of at least 4 members (excludes halogenated alkanes) is 3. The largest absolute Gasteiger partial charge is 0.481 e. The van der Waals surface area contributed by atoms with Crippen LogP contribution >= 0.6 is 0 Å². The number of carbonyl (C=O) groups is 1. The van der Waals surface area contributed by atoms with Gasteiger partial charge in [-0.3, -0.25) is 13.9 Å². The van der Waals surface area contributed by atoms with Gasteiger partial charge in [-0.2, -0.15) is 16.8 Å². The van der Waals surface area contributed by atoms with Crippen LogP contribution in [0.25, 0.3) is 0 Å². The fourth-order valence-corrected chi connectivity index (χ4v) is 8.61. The molecule has 0 saturated heterocycles. The second-order valence-electron chi connectivity index (χ2n) is 13.9. The highest BCUT2D eigenvalue weighted by Gasteiger charge is 2.46. The quantitative estimate of drug-likeness (QED) is 0.105. The number of allylic oxidation sites excluding steroid dienone is 3. The zero-order valence-corrected chi connectivity index (χ0v) is 30.3. The van der Waals surface area contributed by atoms with Gasteiger partial charge in [-0.1, -0.05) is 82.2 Å². The Hall–Kier alpha value is -3.97. The summed E-state index contributed by atoms with van der Waals surface area (Å²) in [4.78, 5) is 15.4. The van der Waals surface area contributed by atoms with Crippen LogP contribution in [-0.4, -0.2) is 55.4 Å². The van der Waals surface area contributed by atoms with E-state index < -0.39 is 37.0 Å². The van der Waals surface area contributed by atoms with Gasteiger partial charge in [0.25, 0.3) is 20.2 Å². The lowest BCUT2D eigenvalue weighted by atomic mass is 9.74. The van der Waals surface area contributed by atoms with Gasteiger partial charge in [-0.25, -0.2) is 0 Å². The van der Waals surface area contributed by atoms with E-state index >= 15 is 0 Å². The molecule has 3 N–H and O–H groups in total. The predicted molar refractivity (Wildman–Crippen MR) is 196 cm³/mol. The molecule has 50 heavy (non-hydrogen) atoms. The summed E-state index contributed by atoms with van der Waals surface area (Å²) in [5, 5.41) is 9.09. The third kappa shape index (κ3) is 7.99. The molecule has 268 valence electrons. The smallest absolute Gasteiger partial charge is 0.303 e. The maximum atomic E-state index is 12.1. The van der Waals surface area contributed by atoms with Gasteiger partial charge in [0.1, 0.15) is 0 Å². The molecule has 2 atom stereocenters. The molecule has 5 rings (SSSR count). The second kappa shape index (κ2) is 14.7. The Morgan fingerprint density at radius 1 is 0.820 bits per heavy atom. The number of anilines is 3. The third-order valence-electron chi connectivity index (χ3n) is 10.1. The maximum absolute atomic E-state index is 12.1. The number of para-hydroxylation sites is 2. The van der Waals surface area contributed by atoms with Crippen molar-refractivity contribution in [1.82, 2.24) is 0 Å². The van der Waals surface area contributed by atoms with Crippen LogP contribution in [0.15, 0.2) is 102 Å². The first kappa shape index (κ1) is 37.3. The van der Waals surface area contributed by atoms with Gasteiger partial charge in [0.2, 0.25) is 0 Å². The zero-order valence-electron chi connectivity index (χ0n) is 28.7. The molecule has 3 aromatic rings. The van der Waals surface area contributed by atoms with Gasteiger partial charge < -0.3 is 14.9 Å². The number of rotatable bonds is 15. The maximum Gasteiger partial charge on any atom is 0.303 e. The van der Waals surface area contributed by atoms with Crippen molar-refractivity contribution in [2.75, 3.05) is 22.1 Å². The van der Waals surface area contributed by atoms with Gasteiger partial charge in [0, 0.05) is 46.6 Å². The van der Waals surface area contributed by atoms with Gasteiger partial charge in [-0.15, -0.1) is 0 Å². The molecule has 10 nitrogen and oxygen atoms in total. The number of nitrogens with zero attached hydrogens (tertiary/aromatic N) is 2. The van der Waals surface area contributed by atoms with E-state index in [1.54, 1.807) is 6.07 Å². The Morgan fingerprint density at radius 3 is 2.20 bits per heavy atom. The van der Waals surface area contributed by atoms with E-state index in [9.17, 15) is 30.7 Å². The Labute approximate surface area is 295 Å². The summed E-state index contributed by atoms with van der Waals surface area (Å²) >= 11 is 0. The van der Waals surface area contributed by atoms with Crippen molar-refractivity contribution < 1.29 is 35.8 Å². The van der Waals surface area contributed by atoms with Crippen LogP contribution in [-0.2, 0) is 35.9 Å². The molecule has 0 saturated carbocycles. The van der Waals surface area contributed by atoms with Crippen molar-refractivity contribution in [2.45, 2.75) is 87.5 Å². The normalized spacial score (nSPS) is 20.8. The Bertz CT molecular complexity index is 1990. The highest BCUT2D eigenvalue weighted by molar-refractivity contribution is 7.86. The molecule has 2 aliphatic rings. The van der Waals surface area contributed by atoms with E-state index in [1.165, 1.54) is 12.1 Å². The summed E-state index contributed by atoms with van der Waals surface area (Å²) < 4.78 is 66.3. The SMILES string of the molecule is CC1(C)/C(=C\C=C\C2N(c3ccccc3)c3ccccc3C2(C)CCCCS(=O)(=O)O)N(CCCCCC(=O)O)c2ccc(S(=O)(=O)O)cc21. The molecule has 0 aliphatic carbocycles. The van der Waals surface area contributed by atoms with Crippen LogP contribution in [0, 0.1) is 0 Å². The first-order chi connectivity index (χ1) is 23.5. The molecule has 0 fully saturated rings. The second-order valence-corrected chi connectivity index (χ2v) is 16.9. The van der Waals surface area contributed by atoms with Crippen LogP contribution in [0.1, 0.15) is 76.8 Å². The number of hydrogen-bond acceptors (Lipinski definition) is 7. The fraction of sp³-hybridized carbons (Fsp3) is 0.395. The molecule has 0 aromatic heterocycles. The summed E-state index contributed by atoms with van der Waals surface area (Å²) in [6, 6.07) is 22.8. The Balaban J connectivity index is 1.54. The summed E-state index contributed by atoms with van der Waals surface area (Å²) in [6.07, 6.45) is 9.94. The van der Waals surface area contributed by atoms with Crippen LogP contribution in [0.5, 0.6) is 0 Å². The van der Waals surface area contributed by atoms with Crippen molar-refractivity contribution in [2.24, 2.45) is 0 Å². The van der Waals surface area contributed by atoms with E-state index in [0.717, 1.165) is 40.3 Å². The Morgan fingerprint density at radius 2 is 1.52 bits per heavy atom. The number of aliphatic carboxylic acids is 1. The summed E-state index contributed by atoms with van der Waals surface area (Å²) in [5.74, 6) is -1.12. The van der Waals surface area contributed by atoms with E-state index in [1.807, 2.05) is 50.3 Å². The fourth-order valence-electron chi connectivity index (χ4n) is 7.54. The summed E-state index contributed by atoms with van der Waals surface area (Å²) in [5.41, 5.74) is 4.72. The molecule has 12 heteroatoms. The van der Waals surface area contributed by atoms with Crippen molar-refractivity contribution in [3.05, 3.63) is 108 Å². The molecule has 2 unspecified atom stereocenters. The molecular formula is C38H46N2O8S2. The lowest BCUT2D eigenvalue weighted by Gasteiger charge is -2.35. The van der Waals surface area contributed by atoms with Crippen molar-refractivity contribution >= 4 is 43.3 Å². The van der Waals surface area contributed by atoms with Crippen molar-refractivity contribution in [1.29, 1.82) is 0 Å². The standard InChI is InChI=1S/C38H46N2O8S2/c1-37(2)31-27-29(50(46,47)48)22-23-32(31)39(25-12-5-8-21-36(41)42)34(37)19-14-20-35-38(3,24-11-13-26-49(43,44)45)30-17-9-10-18-33(30)40(35)28-15-6-4-7-16-28/h4,6-7,9-10,14-20,22-23,27,35H,5,8,11-13,21,24-26H2,1-3H3,(H,41,42)(H,43,44,45)(H,46,47,48)/b20-14+,34-19+. The number of carboxylic acid groups (broad SMARTS) is 1. The van der Waals surface area contributed by atoms with Gasteiger partial charge >= 0.3 is 5.97 Å². The number of hydrogen-bond donors (Lipinski definition) is 3. The average Bonchev–Trinajstić information content (AvgIpc) is 3.42. The first-order valence-corrected chi connectivity index (χ1v) is 20.0. The minimum Gasteiger partial charge on any atom is -0.481 e. The molecule has 0 spiro atoms. The zero-order chi connectivity index (χ0) is 36.3. The number of carboxylic acids is 1. The van der Waals surface area contributed by atoms with Gasteiger partial charge in [-0.05, 0) is 79.3 Å². The van der Waals surface area contributed by atoms with Gasteiger partial charge in [0.05, 0.1) is 16.7 Å². The van der Waals surface area contributed by atoms with E-state index in [-0.39, 0.29) is 23.1 Å². The highest BCUT2D eigenvalue weighted by Crippen LogP contribution is 2.52. The first-order valence-electron chi connectivity index (χ1n) is 16.9. The third-order valence-corrected chi connectivity index (χ3v) is 11.7. The predicted octanol–water partition coefficient (Wildman–Crippen LogP) is 7.65. The van der Waals surface area contributed by atoms with Crippen molar-refractivity contribution in [3.63, 3.8) is 0 Å². The van der Waals surface area contributed by atoms with E-state index in [2.05, 4.69) is 53.1 Å². The number of fused-ring (bicyclic) bond motifs is 2. The van der Waals surface area contributed by atoms with Crippen LogP contribution in [0.4, 0.5) is 17.1 Å². The average molecular weight is 723 g/mol. The van der Waals surface area contributed by atoms with Gasteiger partial charge in [0.15, 0.2) is 0 Å². The summed E-state index contributed by atoms with van der Waals surface area (Å²) in [6.45, 7) is 6.83. The minimum absolute atomic E-state index is 0.0987. The molecule has 3 aromatic carbocycles. The highest BCUT2D eigenvalue weighted by atomic mass is 32.2. The van der Waals surface area contributed by atoms with Crippen LogP contribution < -0.4 is 9.80 Å². The molecule has 0 bridgehead atoms. The number of benzene rings is 3. The van der Waals surface area contributed by atoms with E-state index in [4.69, 9.17) is 5.11 Å². The van der Waals surface area contributed by atoms with Crippen LogP contribution in [0.2, 0.25) is 0 Å². The molecule has 0 radical (unpaired) electrons. The monoisotopic (exact) mass is 722 g/mol. The molecule has 0 amide bonds. The van der Waals surface area contributed by atoms with Crippen molar-refractivity contribution in [3.8, 4) is 0 Å². The minimum atomic E-state index is -4.42. The molecule has 2 heterocycles. The Kier molecular flexibility index (Phi) is 11.0. The topological polar surface area (TPSA) is 153 Å². The summed E-state index contributed by atoms with van der Waals surface area (Å²) in [7, 11) is -8.49. The van der Waals surface area contributed by atoms with Crippen LogP contribution in [0.3, 0.4) is 0 Å². The van der Waals surface area contributed by atoms with E-state index in [0.29, 0.717) is 38.6 Å².